The van der Waals surface area contributed by atoms with Gasteiger partial charge in [0.15, 0.2) is 0 Å². The molecule has 194 valence electrons. The molecule has 0 aliphatic carbocycles. The van der Waals surface area contributed by atoms with Gasteiger partial charge in [-0.05, 0) is 0 Å². The van der Waals surface area contributed by atoms with Crippen molar-refractivity contribution in [2.24, 2.45) is 0 Å². The monoisotopic (exact) mass is 600 g/mol. The first kappa shape index (κ1) is 28.5. The Morgan fingerprint density at radius 2 is 0.780 bits per heavy atom. The number of rotatable bonds is 3. The van der Waals surface area contributed by atoms with Crippen LogP contribution in [-0.4, -0.2) is 0 Å². The van der Waals surface area contributed by atoms with E-state index < -0.39 is 0 Å². The minimum Gasteiger partial charge on any atom is -0.184 e. The molecule has 0 aliphatic rings. The van der Waals surface area contributed by atoms with E-state index in [0.29, 0.717) is 0 Å². The minimum atomic E-state index is 0. The maximum absolute atomic E-state index is 2.89. The molecule has 8 aromatic rings. The average molecular weight is 602 g/mol. The van der Waals surface area contributed by atoms with Crippen LogP contribution in [0.1, 0.15) is 11.1 Å². The largest absolute Gasteiger partial charge is 4.00 e. The van der Waals surface area contributed by atoms with Crippen molar-refractivity contribution in [2.75, 3.05) is 0 Å². The van der Waals surface area contributed by atoms with Crippen LogP contribution in [0.2, 0.25) is 0 Å². The maximum atomic E-state index is 2.89. The van der Waals surface area contributed by atoms with Crippen LogP contribution in [0.5, 0.6) is 0 Å². The molecule has 0 amide bonds. The molecule has 0 nitrogen and oxygen atoms in total. The second-order valence-corrected chi connectivity index (χ2v) is 9.87. The third-order valence-corrected chi connectivity index (χ3v) is 7.37. The molecule has 0 saturated carbocycles. The summed E-state index contributed by atoms with van der Waals surface area (Å²) in [5.41, 5.74) is 2.89. The van der Waals surface area contributed by atoms with E-state index in [1.807, 2.05) is 60.7 Å². The van der Waals surface area contributed by atoms with Crippen LogP contribution >= 0.6 is 0 Å². The molecule has 0 fully saturated rings. The first-order valence-electron chi connectivity index (χ1n) is 13.8. The van der Waals surface area contributed by atoms with Crippen molar-refractivity contribution in [1.29, 1.82) is 0 Å². The SMILES string of the molecule is [Zr+4].[c-]1ccccc1.[c-]1ccccc1.c1ccc2c(c1)[cH-]c1c(CCc3cccc4c3[cH-]c3ccccc34)cccc12. The average Bonchev–Trinajstić information content (AvgIpc) is 3.62. The molecule has 0 aromatic heterocycles. The van der Waals surface area contributed by atoms with Gasteiger partial charge in [-0.1, -0.05) is 85.6 Å². The fourth-order valence-electron chi connectivity index (χ4n) is 5.47. The number of benzene rings is 6. The smallest absolute Gasteiger partial charge is 0.184 e. The maximum Gasteiger partial charge on any atom is 4.00 e. The topological polar surface area (TPSA) is 0 Å². The Labute approximate surface area is 261 Å². The second-order valence-electron chi connectivity index (χ2n) is 9.87. The van der Waals surface area contributed by atoms with Crippen molar-refractivity contribution < 1.29 is 26.2 Å². The van der Waals surface area contributed by atoms with Crippen LogP contribution < -0.4 is 0 Å². The van der Waals surface area contributed by atoms with E-state index in [0.717, 1.165) is 12.8 Å². The van der Waals surface area contributed by atoms with Crippen molar-refractivity contribution in [3.05, 3.63) is 181 Å². The van der Waals surface area contributed by atoms with E-state index in [4.69, 9.17) is 0 Å². The van der Waals surface area contributed by atoms with Crippen molar-refractivity contribution in [3.8, 4) is 0 Å². The summed E-state index contributed by atoms with van der Waals surface area (Å²) >= 11 is 0. The fraction of sp³-hybridized carbons (Fsp3) is 0.0500. The van der Waals surface area contributed by atoms with Gasteiger partial charge in [-0.3, -0.25) is 0 Å². The van der Waals surface area contributed by atoms with Crippen molar-refractivity contribution in [1.82, 2.24) is 0 Å². The Kier molecular flexibility index (Phi) is 9.74. The van der Waals surface area contributed by atoms with Crippen molar-refractivity contribution in [3.63, 3.8) is 0 Å². The zero-order valence-electron chi connectivity index (χ0n) is 22.9. The number of hydrogen-bond acceptors (Lipinski definition) is 0. The van der Waals surface area contributed by atoms with Crippen molar-refractivity contribution in [2.45, 2.75) is 12.8 Å². The van der Waals surface area contributed by atoms with Crippen LogP contribution in [0.15, 0.2) is 158 Å². The normalized spacial score (nSPS) is 10.4. The molecule has 0 bridgehead atoms. The molecule has 1 heteroatoms. The minimum absolute atomic E-state index is 0. The summed E-state index contributed by atoms with van der Waals surface area (Å²) in [6, 6.07) is 60.7. The van der Waals surface area contributed by atoms with Gasteiger partial charge >= 0.3 is 26.2 Å². The third-order valence-electron chi connectivity index (χ3n) is 7.37. The molecular formula is C40H30Zr. The quantitative estimate of drug-likeness (QED) is 0.177. The first-order chi connectivity index (χ1) is 19.9. The summed E-state index contributed by atoms with van der Waals surface area (Å²) in [4.78, 5) is 0. The summed E-state index contributed by atoms with van der Waals surface area (Å²) in [6.45, 7) is 0. The van der Waals surface area contributed by atoms with Gasteiger partial charge in [-0.25, -0.2) is 0 Å². The molecule has 0 N–H and O–H groups in total. The number of fused-ring (bicyclic) bond motifs is 6. The predicted octanol–water partition coefficient (Wildman–Crippen LogP) is 10.5. The van der Waals surface area contributed by atoms with Crippen LogP contribution in [0, 0.1) is 12.1 Å². The predicted molar refractivity (Wildman–Crippen MR) is 172 cm³/mol. The van der Waals surface area contributed by atoms with Crippen LogP contribution in [0.3, 0.4) is 0 Å². The zero-order chi connectivity index (χ0) is 27.0. The summed E-state index contributed by atoms with van der Waals surface area (Å²) in [5, 5.41) is 11.0. The van der Waals surface area contributed by atoms with Gasteiger partial charge in [-0.2, -0.15) is 72.8 Å². The van der Waals surface area contributed by atoms with Gasteiger partial charge < -0.3 is 0 Å². The van der Waals surface area contributed by atoms with Crippen molar-refractivity contribution >= 4 is 43.1 Å². The van der Waals surface area contributed by atoms with E-state index in [2.05, 4.69) is 109 Å². The van der Waals surface area contributed by atoms with Gasteiger partial charge in [0.25, 0.3) is 0 Å². The zero-order valence-corrected chi connectivity index (χ0v) is 25.4. The molecule has 0 saturated heterocycles. The Balaban J connectivity index is 0.000000216. The third kappa shape index (κ3) is 6.64. The molecule has 0 heterocycles. The molecule has 41 heavy (non-hydrogen) atoms. The summed E-state index contributed by atoms with van der Waals surface area (Å²) in [7, 11) is 0. The van der Waals surface area contributed by atoms with Gasteiger partial charge in [0, 0.05) is 0 Å². The number of aryl methyl sites for hydroxylation is 2. The van der Waals surface area contributed by atoms with Gasteiger partial charge in [0.1, 0.15) is 0 Å². The van der Waals surface area contributed by atoms with Gasteiger partial charge in [0.2, 0.25) is 0 Å². The summed E-state index contributed by atoms with van der Waals surface area (Å²) in [5.74, 6) is 0. The van der Waals surface area contributed by atoms with E-state index in [1.165, 1.54) is 54.2 Å². The molecule has 8 aromatic carbocycles. The van der Waals surface area contributed by atoms with E-state index in [-0.39, 0.29) is 26.2 Å². The van der Waals surface area contributed by atoms with E-state index >= 15 is 0 Å². The molecular weight excluding hydrogens is 572 g/mol. The molecule has 0 aliphatic heterocycles. The van der Waals surface area contributed by atoms with Crippen LogP contribution in [0.25, 0.3) is 43.1 Å². The molecule has 8 rings (SSSR count). The summed E-state index contributed by atoms with van der Waals surface area (Å²) < 4.78 is 0. The van der Waals surface area contributed by atoms with Crippen LogP contribution in [-0.2, 0) is 39.0 Å². The van der Waals surface area contributed by atoms with Gasteiger partial charge in [0.05, 0.1) is 0 Å². The molecule has 0 unspecified atom stereocenters. The number of hydrogen-bond donors (Lipinski definition) is 0. The Morgan fingerprint density at radius 1 is 0.390 bits per heavy atom. The second kappa shape index (κ2) is 14.0. The fourth-order valence-corrected chi connectivity index (χ4v) is 5.47. The Morgan fingerprint density at radius 3 is 1.15 bits per heavy atom. The molecule has 0 spiro atoms. The Hall–Kier alpha value is -4.06. The molecule has 0 atom stereocenters. The Bertz CT molecular complexity index is 1740. The first-order valence-corrected chi connectivity index (χ1v) is 13.8. The van der Waals surface area contributed by atoms with E-state index in [1.54, 1.807) is 0 Å². The van der Waals surface area contributed by atoms with E-state index in [9.17, 15) is 0 Å². The van der Waals surface area contributed by atoms with Gasteiger partial charge in [-0.15, -0.1) is 78.5 Å². The standard InChI is InChI=1S/C28H20.2C6H5.Zr/c1-3-11-23-21(7-1)17-27-19(9-5-13-25(23)27)15-16-20-10-6-14-26-24-12-4-2-8-22(24)18-28(20)26;2*1-2-4-6-5-3-1;/h1-14,17-18H,15-16H2;2*1-5H;/q-2;2*-1;+4. The molecule has 0 radical (unpaired) electrons. The van der Waals surface area contributed by atoms with Crippen LogP contribution in [0.4, 0.5) is 0 Å². The summed E-state index contributed by atoms with van der Waals surface area (Å²) in [6.07, 6.45) is 2.13.